The highest BCUT2D eigenvalue weighted by Gasteiger charge is 2.26. The van der Waals surface area contributed by atoms with Crippen LogP contribution in [0.5, 0.6) is 0 Å². The van der Waals surface area contributed by atoms with Crippen molar-refractivity contribution in [2.45, 2.75) is 30.3 Å². The summed E-state index contributed by atoms with van der Waals surface area (Å²) in [5.41, 5.74) is -1.10. The first-order valence-electron chi connectivity index (χ1n) is 4.19. The fourth-order valence-corrected chi connectivity index (χ4v) is 3.18. The van der Waals surface area contributed by atoms with E-state index >= 15 is 0 Å². The van der Waals surface area contributed by atoms with Crippen LogP contribution in [0.1, 0.15) is 24.5 Å². The molecule has 0 radical (unpaired) electrons. The van der Waals surface area contributed by atoms with Crippen molar-refractivity contribution >= 4 is 21.2 Å². The van der Waals surface area contributed by atoms with Crippen LogP contribution in [0, 0.1) is 0 Å². The SMILES string of the molecule is CC(C)(O)c1nc(CO)c(S(C)(=O)=O)s1. The number of rotatable bonds is 3. The highest BCUT2D eigenvalue weighted by atomic mass is 32.2. The first-order chi connectivity index (χ1) is 6.66. The Balaban J connectivity index is 3.37. The molecule has 0 aromatic carbocycles. The van der Waals surface area contributed by atoms with Crippen molar-refractivity contribution < 1.29 is 18.6 Å². The average Bonchev–Trinajstić information content (AvgIpc) is 2.44. The van der Waals surface area contributed by atoms with Gasteiger partial charge in [-0.15, -0.1) is 11.3 Å². The molecule has 0 saturated carbocycles. The third-order valence-electron chi connectivity index (χ3n) is 1.67. The minimum atomic E-state index is -3.40. The Morgan fingerprint density at radius 3 is 2.27 bits per heavy atom. The highest BCUT2D eigenvalue weighted by Crippen LogP contribution is 2.30. The Morgan fingerprint density at radius 2 is 2.00 bits per heavy atom. The zero-order valence-electron chi connectivity index (χ0n) is 8.68. The van der Waals surface area contributed by atoms with Crippen LogP contribution in [0.3, 0.4) is 0 Å². The van der Waals surface area contributed by atoms with Gasteiger partial charge in [0, 0.05) is 6.26 Å². The molecular weight excluding hydrogens is 238 g/mol. The normalized spacial score (nSPS) is 13.1. The van der Waals surface area contributed by atoms with E-state index in [4.69, 9.17) is 5.11 Å². The lowest BCUT2D eigenvalue weighted by atomic mass is 10.2. The third kappa shape index (κ3) is 2.75. The highest BCUT2D eigenvalue weighted by molar-refractivity contribution is 7.92. The van der Waals surface area contributed by atoms with Gasteiger partial charge >= 0.3 is 0 Å². The summed E-state index contributed by atoms with van der Waals surface area (Å²) in [6.07, 6.45) is 1.05. The summed E-state index contributed by atoms with van der Waals surface area (Å²) >= 11 is 0.889. The van der Waals surface area contributed by atoms with Crippen LogP contribution in [0.15, 0.2) is 4.21 Å². The van der Waals surface area contributed by atoms with Crippen LogP contribution >= 0.6 is 11.3 Å². The van der Waals surface area contributed by atoms with Crippen LogP contribution in [0.25, 0.3) is 0 Å². The number of aromatic nitrogens is 1. The molecule has 0 amide bonds. The molecule has 1 rings (SSSR count). The molecule has 86 valence electrons. The first-order valence-corrected chi connectivity index (χ1v) is 6.90. The first kappa shape index (κ1) is 12.6. The van der Waals surface area contributed by atoms with Crippen LogP contribution < -0.4 is 0 Å². The summed E-state index contributed by atoms with van der Waals surface area (Å²) < 4.78 is 22.7. The van der Waals surface area contributed by atoms with E-state index in [9.17, 15) is 13.5 Å². The smallest absolute Gasteiger partial charge is 0.186 e. The van der Waals surface area contributed by atoms with Crippen molar-refractivity contribution in [2.24, 2.45) is 0 Å². The van der Waals surface area contributed by atoms with Gasteiger partial charge in [0.05, 0.1) is 12.3 Å². The molecular formula is C8H13NO4S2. The number of hydrogen-bond acceptors (Lipinski definition) is 6. The van der Waals surface area contributed by atoms with E-state index in [1.165, 1.54) is 13.8 Å². The van der Waals surface area contributed by atoms with Gasteiger partial charge < -0.3 is 10.2 Å². The maximum Gasteiger partial charge on any atom is 0.186 e. The van der Waals surface area contributed by atoms with Crippen molar-refractivity contribution in [1.82, 2.24) is 4.98 Å². The number of nitrogens with zero attached hydrogens (tertiary/aromatic N) is 1. The lowest BCUT2D eigenvalue weighted by molar-refractivity contribution is 0.0779. The van der Waals surface area contributed by atoms with Crippen molar-refractivity contribution in [1.29, 1.82) is 0 Å². The molecule has 7 heteroatoms. The molecule has 0 spiro atoms. The Bertz CT molecular complexity index is 455. The van der Waals surface area contributed by atoms with Gasteiger partial charge in [-0.25, -0.2) is 13.4 Å². The van der Waals surface area contributed by atoms with Crippen molar-refractivity contribution in [3.63, 3.8) is 0 Å². The monoisotopic (exact) mass is 251 g/mol. The molecule has 0 saturated heterocycles. The minimum Gasteiger partial charge on any atom is -0.390 e. The molecule has 0 aliphatic carbocycles. The largest absolute Gasteiger partial charge is 0.390 e. The standard InChI is InChI=1S/C8H13NO4S2/c1-8(2,11)7-9-5(4-10)6(14-7)15(3,12)13/h10-11H,4H2,1-3H3. The van der Waals surface area contributed by atoms with Gasteiger partial charge in [-0.2, -0.15) is 0 Å². The fraction of sp³-hybridized carbons (Fsp3) is 0.625. The Kier molecular flexibility index (Phi) is 3.20. The summed E-state index contributed by atoms with van der Waals surface area (Å²) in [5, 5.41) is 18.9. The van der Waals surface area contributed by atoms with Crippen LogP contribution in [-0.2, 0) is 22.0 Å². The zero-order valence-corrected chi connectivity index (χ0v) is 10.3. The fourth-order valence-electron chi connectivity index (χ4n) is 0.989. The molecule has 2 N–H and O–H groups in total. The van der Waals surface area contributed by atoms with Gasteiger partial charge in [0.15, 0.2) is 9.84 Å². The summed E-state index contributed by atoms with van der Waals surface area (Å²) in [4.78, 5) is 3.91. The van der Waals surface area contributed by atoms with Gasteiger partial charge in [0.1, 0.15) is 14.8 Å². The summed E-state index contributed by atoms with van der Waals surface area (Å²) in [6, 6.07) is 0. The Hall–Kier alpha value is -0.500. The molecule has 0 atom stereocenters. The Labute approximate surface area is 92.3 Å². The zero-order chi connectivity index (χ0) is 11.9. The van der Waals surface area contributed by atoms with E-state index in [1.54, 1.807) is 0 Å². The van der Waals surface area contributed by atoms with Gasteiger partial charge in [-0.05, 0) is 13.8 Å². The predicted molar refractivity (Wildman–Crippen MR) is 56.4 cm³/mol. The second kappa shape index (κ2) is 3.82. The van der Waals surface area contributed by atoms with Gasteiger partial charge in [-0.1, -0.05) is 0 Å². The molecule has 1 heterocycles. The van der Waals surface area contributed by atoms with E-state index in [-0.39, 0.29) is 14.9 Å². The lowest BCUT2D eigenvalue weighted by Gasteiger charge is -2.12. The van der Waals surface area contributed by atoms with E-state index in [1.807, 2.05) is 0 Å². The number of aliphatic hydroxyl groups is 2. The second-order valence-corrected chi connectivity index (χ2v) is 6.95. The molecule has 0 aliphatic rings. The molecule has 1 aromatic heterocycles. The average molecular weight is 251 g/mol. The predicted octanol–water partition coefficient (Wildman–Crippen LogP) is 0.266. The third-order valence-corrected chi connectivity index (χ3v) is 4.94. The molecule has 15 heavy (non-hydrogen) atoms. The summed E-state index contributed by atoms with van der Waals surface area (Å²) in [7, 11) is -3.40. The van der Waals surface area contributed by atoms with E-state index in [0.29, 0.717) is 0 Å². The van der Waals surface area contributed by atoms with Crippen LogP contribution in [0.4, 0.5) is 0 Å². The number of aliphatic hydroxyl groups excluding tert-OH is 1. The molecule has 0 bridgehead atoms. The molecule has 0 aliphatic heterocycles. The molecule has 5 nitrogen and oxygen atoms in total. The van der Waals surface area contributed by atoms with Crippen molar-refractivity contribution in [2.75, 3.05) is 6.26 Å². The van der Waals surface area contributed by atoms with E-state index in [2.05, 4.69) is 4.98 Å². The molecule has 0 fully saturated rings. The molecule has 1 aromatic rings. The quantitative estimate of drug-likeness (QED) is 0.805. The maximum atomic E-state index is 11.3. The summed E-state index contributed by atoms with van der Waals surface area (Å²) in [6.45, 7) is 2.58. The van der Waals surface area contributed by atoms with Gasteiger partial charge in [-0.3, -0.25) is 0 Å². The minimum absolute atomic E-state index is 0.0159. The lowest BCUT2D eigenvalue weighted by Crippen LogP contribution is -2.14. The maximum absolute atomic E-state index is 11.3. The van der Waals surface area contributed by atoms with Crippen LogP contribution in [0.2, 0.25) is 0 Å². The second-order valence-electron chi connectivity index (χ2n) is 3.74. The van der Waals surface area contributed by atoms with Crippen molar-refractivity contribution in [3.05, 3.63) is 10.7 Å². The number of sulfone groups is 1. The number of thiazole rings is 1. The Morgan fingerprint density at radius 1 is 1.47 bits per heavy atom. The van der Waals surface area contributed by atoms with Gasteiger partial charge in [0.25, 0.3) is 0 Å². The topological polar surface area (TPSA) is 87.5 Å². The number of hydrogen-bond donors (Lipinski definition) is 2. The van der Waals surface area contributed by atoms with Crippen LogP contribution in [-0.4, -0.2) is 29.9 Å². The van der Waals surface area contributed by atoms with Gasteiger partial charge in [0.2, 0.25) is 0 Å². The molecule has 0 unspecified atom stereocenters. The summed E-state index contributed by atoms with van der Waals surface area (Å²) in [5.74, 6) is 0. The van der Waals surface area contributed by atoms with E-state index in [0.717, 1.165) is 17.6 Å². The van der Waals surface area contributed by atoms with Crippen molar-refractivity contribution in [3.8, 4) is 0 Å². The van der Waals surface area contributed by atoms with E-state index < -0.39 is 22.0 Å².